The molecule has 1 aliphatic rings. The maximum absolute atomic E-state index is 12.6. The van der Waals surface area contributed by atoms with E-state index in [1.165, 1.54) is 0 Å². The van der Waals surface area contributed by atoms with E-state index in [2.05, 4.69) is 10.3 Å². The Hall–Kier alpha value is -2.05. The van der Waals surface area contributed by atoms with Gasteiger partial charge in [0.15, 0.2) is 0 Å². The normalized spacial score (nSPS) is 16.9. The summed E-state index contributed by atoms with van der Waals surface area (Å²) in [6, 6.07) is 6.03. The van der Waals surface area contributed by atoms with Crippen molar-refractivity contribution >= 4 is 22.9 Å². The average molecular weight is 339 g/mol. The third kappa shape index (κ3) is 3.25. The summed E-state index contributed by atoms with van der Waals surface area (Å²) < 4.78 is 39.9. The first-order valence-electron chi connectivity index (χ1n) is 8.11. The number of halogens is 3. The lowest BCUT2D eigenvalue weighted by Gasteiger charge is -2.29. The molecule has 1 unspecified atom stereocenters. The largest absolute Gasteiger partial charge is 0.392 e. The number of imidazole rings is 1. The Labute approximate surface area is 138 Å². The number of fused-ring (bicyclic) bond motifs is 1. The number of hydrogen-bond donors (Lipinski definition) is 1. The second kappa shape index (κ2) is 6.11. The molecule has 7 heteroatoms. The van der Waals surface area contributed by atoms with Gasteiger partial charge in [-0.1, -0.05) is 13.0 Å². The zero-order valence-electron chi connectivity index (χ0n) is 13.7. The maximum Gasteiger partial charge on any atom is 0.392 e. The van der Waals surface area contributed by atoms with Gasteiger partial charge in [0.1, 0.15) is 0 Å². The Morgan fingerprint density at radius 1 is 1.42 bits per heavy atom. The minimum atomic E-state index is -4.37. The van der Waals surface area contributed by atoms with Crippen LogP contribution in [0.2, 0.25) is 0 Å². The van der Waals surface area contributed by atoms with Crippen molar-refractivity contribution in [2.45, 2.75) is 51.7 Å². The van der Waals surface area contributed by atoms with Gasteiger partial charge in [0, 0.05) is 12.5 Å². The summed E-state index contributed by atoms with van der Waals surface area (Å²) in [5, 5.41) is 2.58. The lowest BCUT2D eigenvalue weighted by Crippen LogP contribution is -2.27. The van der Waals surface area contributed by atoms with Crippen molar-refractivity contribution in [3.8, 4) is 0 Å². The lowest BCUT2D eigenvalue weighted by molar-refractivity contribution is -0.173. The topological polar surface area (TPSA) is 46.9 Å². The number of carbonyl (C=O) groups is 1. The van der Waals surface area contributed by atoms with Gasteiger partial charge in [-0.15, -0.1) is 0 Å². The average Bonchev–Trinajstić information content (AvgIpc) is 2.74. The Bertz CT molecular complexity index is 762. The molecule has 0 saturated heterocycles. The standard InChI is InChI=1S/C17H20F3N3O/c1-10-6-7-13-14(8-10)23(12-4-3-5-12)16(21-13)22-15(24)9-11(2)17(18,19)20/h6-8,11-12H,3-5,9H2,1-2H3,(H,21,22,24). The van der Waals surface area contributed by atoms with Gasteiger partial charge in [0.25, 0.3) is 0 Å². The van der Waals surface area contributed by atoms with Crippen LogP contribution in [0, 0.1) is 12.8 Å². The fourth-order valence-corrected chi connectivity index (χ4v) is 2.88. The number of rotatable bonds is 4. The number of aryl methyl sites for hydroxylation is 1. The van der Waals surface area contributed by atoms with Crippen LogP contribution in [-0.2, 0) is 4.79 Å². The molecule has 0 aliphatic heterocycles. The number of benzene rings is 1. The van der Waals surface area contributed by atoms with E-state index in [-0.39, 0.29) is 6.04 Å². The van der Waals surface area contributed by atoms with E-state index in [1.54, 1.807) is 0 Å². The lowest BCUT2D eigenvalue weighted by atomic mass is 9.92. The third-order valence-electron chi connectivity index (χ3n) is 4.59. The SMILES string of the molecule is Cc1ccc2nc(NC(=O)CC(C)C(F)(F)F)n(C3CCC3)c2c1. The molecule has 1 atom stereocenters. The van der Waals surface area contributed by atoms with Crippen molar-refractivity contribution in [2.75, 3.05) is 5.32 Å². The molecule has 1 heterocycles. The molecule has 1 saturated carbocycles. The highest BCUT2D eigenvalue weighted by molar-refractivity contribution is 5.92. The predicted octanol–water partition coefficient (Wildman–Crippen LogP) is 4.60. The van der Waals surface area contributed by atoms with E-state index >= 15 is 0 Å². The molecule has 4 nitrogen and oxygen atoms in total. The molecule has 1 fully saturated rings. The minimum Gasteiger partial charge on any atom is -0.307 e. The van der Waals surface area contributed by atoms with Gasteiger partial charge in [-0.2, -0.15) is 13.2 Å². The van der Waals surface area contributed by atoms with Crippen molar-refractivity contribution in [1.82, 2.24) is 9.55 Å². The Morgan fingerprint density at radius 2 is 2.12 bits per heavy atom. The maximum atomic E-state index is 12.6. The molecule has 1 aromatic heterocycles. The van der Waals surface area contributed by atoms with Crippen LogP contribution >= 0.6 is 0 Å². The third-order valence-corrected chi connectivity index (χ3v) is 4.59. The number of anilines is 1. The molecular weight excluding hydrogens is 319 g/mol. The molecule has 130 valence electrons. The fourth-order valence-electron chi connectivity index (χ4n) is 2.88. The molecule has 1 N–H and O–H groups in total. The van der Waals surface area contributed by atoms with Gasteiger partial charge < -0.3 is 4.57 Å². The Kier molecular flexibility index (Phi) is 4.27. The highest BCUT2D eigenvalue weighted by atomic mass is 19.4. The number of carbonyl (C=O) groups excluding carboxylic acids is 1. The monoisotopic (exact) mass is 339 g/mol. The number of amides is 1. The summed E-state index contributed by atoms with van der Waals surface area (Å²) in [4.78, 5) is 16.4. The van der Waals surface area contributed by atoms with Gasteiger partial charge in [0.2, 0.25) is 11.9 Å². The molecular formula is C17H20F3N3O. The Balaban J connectivity index is 1.87. The molecule has 0 bridgehead atoms. The van der Waals surface area contributed by atoms with Gasteiger partial charge in [0.05, 0.1) is 17.0 Å². The molecule has 1 aromatic carbocycles. The number of alkyl halides is 3. The highest BCUT2D eigenvalue weighted by Crippen LogP contribution is 2.37. The summed E-state index contributed by atoms with van der Waals surface area (Å²) in [5.74, 6) is -1.99. The molecule has 24 heavy (non-hydrogen) atoms. The minimum absolute atomic E-state index is 0.243. The molecule has 0 spiro atoms. The zero-order chi connectivity index (χ0) is 17.5. The highest BCUT2D eigenvalue weighted by Gasteiger charge is 2.37. The first-order chi connectivity index (χ1) is 11.3. The summed E-state index contributed by atoms with van der Waals surface area (Å²) in [7, 11) is 0. The van der Waals surface area contributed by atoms with Crippen molar-refractivity contribution in [3.05, 3.63) is 23.8 Å². The van der Waals surface area contributed by atoms with Gasteiger partial charge >= 0.3 is 6.18 Å². The molecule has 0 radical (unpaired) electrons. The van der Waals surface area contributed by atoms with Gasteiger partial charge in [-0.05, 0) is 43.9 Å². The van der Waals surface area contributed by atoms with E-state index in [9.17, 15) is 18.0 Å². The van der Waals surface area contributed by atoms with E-state index < -0.39 is 24.4 Å². The van der Waals surface area contributed by atoms with E-state index in [0.717, 1.165) is 42.8 Å². The summed E-state index contributed by atoms with van der Waals surface area (Å²) >= 11 is 0. The van der Waals surface area contributed by atoms with Crippen molar-refractivity contribution in [3.63, 3.8) is 0 Å². The second-order valence-electron chi connectivity index (χ2n) is 6.58. The van der Waals surface area contributed by atoms with E-state index in [4.69, 9.17) is 0 Å². The predicted molar refractivity (Wildman–Crippen MR) is 85.8 cm³/mol. The molecule has 1 aliphatic carbocycles. The van der Waals surface area contributed by atoms with Gasteiger partial charge in [-0.25, -0.2) is 4.98 Å². The van der Waals surface area contributed by atoms with Crippen LogP contribution in [-0.4, -0.2) is 21.6 Å². The van der Waals surface area contributed by atoms with Crippen LogP contribution in [0.5, 0.6) is 0 Å². The smallest absolute Gasteiger partial charge is 0.307 e. The molecule has 2 aromatic rings. The molecule has 1 amide bonds. The second-order valence-corrected chi connectivity index (χ2v) is 6.58. The number of nitrogens with one attached hydrogen (secondary N) is 1. The number of hydrogen-bond acceptors (Lipinski definition) is 2. The van der Waals surface area contributed by atoms with Gasteiger partial charge in [-0.3, -0.25) is 10.1 Å². The van der Waals surface area contributed by atoms with Crippen molar-refractivity contribution in [1.29, 1.82) is 0 Å². The van der Waals surface area contributed by atoms with Crippen LogP contribution in [0.4, 0.5) is 19.1 Å². The Morgan fingerprint density at radius 3 is 2.71 bits per heavy atom. The first-order valence-corrected chi connectivity index (χ1v) is 8.11. The first kappa shape index (κ1) is 16.8. The van der Waals surface area contributed by atoms with Crippen LogP contribution in [0.3, 0.4) is 0 Å². The van der Waals surface area contributed by atoms with Crippen LogP contribution in [0.15, 0.2) is 18.2 Å². The summed E-state index contributed by atoms with van der Waals surface area (Å²) in [5.41, 5.74) is 2.73. The summed E-state index contributed by atoms with van der Waals surface area (Å²) in [6.07, 6.45) is -1.89. The van der Waals surface area contributed by atoms with Crippen LogP contribution in [0.25, 0.3) is 11.0 Å². The van der Waals surface area contributed by atoms with Crippen LogP contribution < -0.4 is 5.32 Å². The quantitative estimate of drug-likeness (QED) is 0.885. The summed E-state index contributed by atoms with van der Waals surface area (Å²) in [6.45, 7) is 2.98. The van der Waals surface area contributed by atoms with E-state index in [0.29, 0.717) is 5.95 Å². The van der Waals surface area contributed by atoms with E-state index in [1.807, 2.05) is 29.7 Å². The zero-order valence-corrected chi connectivity index (χ0v) is 13.7. The van der Waals surface area contributed by atoms with Crippen LogP contribution in [0.1, 0.15) is 44.2 Å². The van der Waals surface area contributed by atoms with Crippen molar-refractivity contribution < 1.29 is 18.0 Å². The number of aromatic nitrogens is 2. The van der Waals surface area contributed by atoms with Crippen molar-refractivity contribution in [2.24, 2.45) is 5.92 Å². The molecule has 3 rings (SSSR count). The number of nitrogens with zero attached hydrogens (tertiary/aromatic N) is 2. The fraction of sp³-hybridized carbons (Fsp3) is 0.529.